The SMILES string of the molecule is CCOC(=O)Cc1csc(NC(=O)CSc2nnc(C3CC3)n2CC)n1. The summed E-state index contributed by atoms with van der Waals surface area (Å²) >= 11 is 2.66. The third-order valence-corrected chi connectivity index (χ3v) is 5.54. The number of carbonyl (C=O) groups excluding carboxylic acids is 2. The van der Waals surface area contributed by atoms with Crippen LogP contribution in [0.3, 0.4) is 0 Å². The Balaban J connectivity index is 1.50. The van der Waals surface area contributed by atoms with Crippen LogP contribution in [0.15, 0.2) is 10.5 Å². The van der Waals surface area contributed by atoms with Gasteiger partial charge in [0.25, 0.3) is 0 Å². The van der Waals surface area contributed by atoms with Crippen molar-refractivity contribution in [2.45, 2.75) is 50.7 Å². The maximum absolute atomic E-state index is 12.2. The van der Waals surface area contributed by atoms with Gasteiger partial charge in [-0.2, -0.15) is 0 Å². The first kappa shape index (κ1) is 18.8. The van der Waals surface area contributed by atoms with Crippen LogP contribution < -0.4 is 5.32 Å². The predicted octanol–water partition coefficient (Wildman–Crippen LogP) is 2.47. The molecule has 1 saturated carbocycles. The summed E-state index contributed by atoms with van der Waals surface area (Å²) in [5, 5.41) is 14.2. The van der Waals surface area contributed by atoms with Crippen molar-refractivity contribution in [1.29, 1.82) is 0 Å². The number of hydrogen-bond donors (Lipinski definition) is 1. The number of esters is 1. The summed E-state index contributed by atoms with van der Waals surface area (Å²) in [7, 11) is 0. The number of thiazole rings is 1. The maximum Gasteiger partial charge on any atom is 0.311 e. The first-order chi connectivity index (χ1) is 12.6. The molecule has 2 heterocycles. The average molecular weight is 396 g/mol. The molecule has 140 valence electrons. The number of ether oxygens (including phenoxy) is 1. The quantitative estimate of drug-likeness (QED) is 0.514. The van der Waals surface area contributed by atoms with Gasteiger partial charge in [-0.25, -0.2) is 4.98 Å². The largest absolute Gasteiger partial charge is 0.466 e. The summed E-state index contributed by atoms with van der Waals surface area (Å²) in [5.41, 5.74) is 0.594. The number of nitrogens with zero attached hydrogens (tertiary/aromatic N) is 4. The molecule has 0 aliphatic heterocycles. The van der Waals surface area contributed by atoms with E-state index < -0.39 is 0 Å². The smallest absolute Gasteiger partial charge is 0.311 e. The Kier molecular flexibility index (Phi) is 6.25. The fraction of sp³-hybridized carbons (Fsp3) is 0.562. The third kappa shape index (κ3) is 4.82. The number of thioether (sulfide) groups is 1. The molecule has 26 heavy (non-hydrogen) atoms. The zero-order valence-corrected chi connectivity index (χ0v) is 16.4. The molecule has 10 heteroatoms. The number of aromatic nitrogens is 4. The number of anilines is 1. The van der Waals surface area contributed by atoms with Gasteiger partial charge >= 0.3 is 5.97 Å². The lowest BCUT2D eigenvalue weighted by Gasteiger charge is -2.06. The van der Waals surface area contributed by atoms with E-state index in [4.69, 9.17) is 4.74 Å². The van der Waals surface area contributed by atoms with Crippen molar-refractivity contribution in [3.8, 4) is 0 Å². The highest BCUT2D eigenvalue weighted by Gasteiger charge is 2.30. The van der Waals surface area contributed by atoms with Crippen LogP contribution in [0, 0.1) is 0 Å². The second-order valence-corrected chi connectivity index (χ2v) is 7.62. The van der Waals surface area contributed by atoms with E-state index in [1.165, 1.54) is 35.9 Å². The molecule has 0 radical (unpaired) electrons. The van der Waals surface area contributed by atoms with E-state index >= 15 is 0 Å². The van der Waals surface area contributed by atoms with Gasteiger partial charge in [0.1, 0.15) is 5.82 Å². The second kappa shape index (κ2) is 8.63. The average Bonchev–Trinajstić information content (AvgIpc) is 3.23. The van der Waals surface area contributed by atoms with E-state index in [2.05, 4.69) is 32.0 Å². The normalized spacial score (nSPS) is 13.6. The molecule has 0 aromatic carbocycles. The van der Waals surface area contributed by atoms with Crippen molar-refractivity contribution in [1.82, 2.24) is 19.7 Å². The van der Waals surface area contributed by atoms with E-state index in [9.17, 15) is 9.59 Å². The number of amides is 1. The highest BCUT2D eigenvalue weighted by molar-refractivity contribution is 7.99. The lowest BCUT2D eigenvalue weighted by molar-refractivity contribution is -0.142. The standard InChI is InChI=1S/C16H21N5O3S2/c1-3-21-14(10-5-6-10)19-20-16(21)26-9-12(22)18-15-17-11(8-25-15)7-13(23)24-4-2/h8,10H,3-7,9H2,1-2H3,(H,17,18,22). The minimum absolute atomic E-state index is 0.110. The number of nitrogens with one attached hydrogen (secondary N) is 1. The summed E-state index contributed by atoms with van der Waals surface area (Å²) < 4.78 is 6.97. The lowest BCUT2D eigenvalue weighted by Crippen LogP contribution is -2.15. The highest BCUT2D eigenvalue weighted by Crippen LogP contribution is 2.39. The van der Waals surface area contributed by atoms with Gasteiger partial charge in [0, 0.05) is 17.8 Å². The zero-order chi connectivity index (χ0) is 18.5. The van der Waals surface area contributed by atoms with Crippen LogP contribution in [-0.2, 0) is 27.3 Å². The highest BCUT2D eigenvalue weighted by atomic mass is 32.2. The van der Waals surface area contributed by atoms with Crippen LogP contribution in [0.4, 0.5) is 5.13 Å². The lowest BCUT2D eigenvalue weighted by atomic mass is 10.3. The Morgan fingerprint density at radius 1 is 1.38 bits per heavy atom. The van der Waals surface area contributed by atoms with E-state index in [1.807, 2.05) is 0 Å². The van der Waals surface area contributed by atoms with Gasteiger partial charge in [0.15, 0.2) is 10.3 Å². The molecule has 3 rings (SSSR count). The van der Waals surface area contributed by atoms with Crippen LogP contribution >= 0.6 is 23.1 Å². The predicted molar refractivity (Wildman–Crippen MR) is 99.5 cm³/mol. The van der Waals surface area contributed by atoms with Gasteiger partial charge in [-0.3, -0.25) is 9.59 Å². The topological polar surface area (TPSA) is 99.0 Å². The Morgan fingerprint density at radius 3 is 2.88 bits per heavy atom. The molecule has 2 aromatic rings. The van der Waals surface area contributed by atoms with E-state index in [0.717, 1.165) is 17.5 Å². The van der Waals surface area contributed by atoms with Gasteiger partial charge < -0.3 is 14.6 Å². The molecule has 8 nitrogen and oxygen atoms in total. The van der Waals surface area contributed by atoms with Crippen LogP contribution in [0.1, 0.15) is 44.1 Å². The van der Waals surface area contributed by atoms with Gasteiger partial charge in [0.05, 0.1) is 24.5 Å². The minimum Gasteiger partial charge on any atom is -0.466 e. The molecule has 0 bridgehead atoms. The van der Waals surface area contributed by atoms with Crippen molar-refractivity contribution in [3.05, 3.63) is 16.9 Å². The van der Waals surface area contributed by atoms with Crippen molar-refractivity contribution >= 4 is 40.1 Å². The van der Waals surface area contributed by atoms with Crippen molar-refractivity contribution in [2.75, 3.05) is 17.7 Å². The van der Waals surface area contributed by atoms with Crippen molar-refractivity contribution in [2.24, 2.45) is 0 Å². The fourth-order valence-corrected chi connectivity index (χ4v) is 3.97. The Morgan fingerprint density at radius 2 is 2.19 bits per heavy atom. The van der Waals surface area contributed by atoms with Crippen LogP contribution in [0.25, 0.3) is 0 Å². The van der Waals surface area contributed by atoms with E-state index in [-0.39, 0.29) is 24.1 Å². The third-order valence-electron chi connectivity index (χ3n) is 3.77. The summed E-state index contributed by atoms with van der Waals surface area (Å²) in [6.45, 7) is 4.95. The molecular formula is C16H21N5O3S2. The molecular weight excluding hydrogens is 374 g/mol. The summed E-state index contributed by atoms with van der Waals surface area (Å²) in [4.78, 5) is 27.9. The van der Waals surface area contributed by atoms with Crippen LogP contribution in [0.5, 0.6) is 0 Å². The first-order valence-corrected chi connectivity index (χ1v) is 10.4. The van der Waals surface area contributed by atoms with Gasteiger partial charge in [-0.1, -0.05) is 11.8 Å². The summed E-state index contributed by atoms with van der Waals surface area (Å²) in [5.74, 6) is 1.30. The molecule has 1 fully saturated rings. The monoisotopic (exact) mass is 395 g/mol. The first-order valence-electron chi connectivity index (χ1n) is 8.56. The number of carbonyl (C=O) groups is 2. The van der Waals surface area contributed by atoms with Crippen LogP contribution in [0.2, 0.25) is 0 Å². The molecule has 1 aliphatic carbocycles. The van der Waals surface area contributed by atoms with E-state index in [0.29, 0.717) is 23.4 Å². The maximum atomic E-state index is 12.2. The van der Waals surface area contributed by atoms with Gasteiger partial charge in [-0.15, -0.1) is 21.5 Å². The molecule has 1 aliphatic rings. The second-order valence-electron chi connectivity index (χ2n) is 5.82. The molecule has 1 amide bonds. The fourth-order valence-electron chi connectivity index (χ4n) is 2.44. The Hall–Kier alpha value is -1.94. The molecule has 0 spiro atoms. The molecule has 0 atom stereocenters. The van der Waals surface area contributed by atoms with E-state index in [1.54, 1.807) is 12.3 Å². The number of hydrogen-bond acceptors (Lipinski definition) is 8. The summed E-state index contributed by atoms with van der Waals surface area (Å²) in [6.07, 6.45) is 2.45. The molecule has 1 N–H and O–H groups in total. The Labute approximate surface area is 159 Å². The van der Waals surface area contributed by atoms with Gasteiger partial charge in [-0.05, 0) is 26.7 Å². The molecule has 0 unspecified atom stereocenters. The Bertz CT molecular complexity index is 785. The zero-order valence-electron chi connectivity index (χ0n) is 14.7. The minimum atomic E-state index is -0.323. The summed E-state index contributed by atoms with van der Waals surface area (Å²) in [6, 6.07) is 0. The molecule has 0 saturated heterocycles. The van der Waals surface area contributed by atoms with Crippen LogP contribution in [-0.4, -0.2) is 44.0 Å². The molecule has 2 aromatic heterocycles. The van der Waals surface area contributed by atoms with Crippen molar-refractivity contribution < 1.29 is 14.3 Å². The van der Waals surface area contributed by atoms with Crippen molar-refractivity contribution in [3.63, 3.8) is 0 Å². The number of rotatable bonds is 9. The van der Waals surface area contributed by atoms with Gasteiger partial charge in [0.2, 0.25) is 5.91 Å².